The standard InChI is InChI=1S/C15H17BrFNO5/c1-7-12-11(6-19)23-18(13(12)15(20)22-7)5-8-10(17)4-3-9(16)14(8)21-2/h3-4,7,11-13,19H,5-6H2,1-2H3/t7-,11-,12?,13?/m0/s1. The fraction of sp³-hybridized carbons (Fsp3) is 0.533. The van der Waals surface area contributed by atoms with Crippen LogP contribution in [0.1, 0.15) is 12.5 Å². The highest BCUT2D eigenvalue weighted by molar-refractivity contribution is 9.10. The largest absolute Gasteiger partial charge is 0.495 e. The van der Waals surface area contributed by atoms with Crippen LogP contribution in [-0.4, -0.2) is 48.1 Å². The Labute approximate surface area is 141 Å². The Morgan fingerprint density at radius 1 is 1.48 bits per heavy atom. The summed E-state index contributed by atoms with van der Waals surface area (Å²) in [5.41, 5.74) is 0.270. The fourth-order valence-electron chi connectivity index (χ4n) is 3.26. The number of hydrogen-bond acceptors (Lipinski definition) is 6. The maximum Gasteiger partial charge on any atom is 0.326 e. The number of nitrogens with zero attached hydrogens (tertiary/aromatic N) is 1. The molecule has 0 aliphatic carbocycles. The van der Waals surface area contributed by atoms with Gasteiger partial charge in [0.1, 0.15) is 29.8 Å². The van der Waals surface area contributed by atoms with Gasteiger partial charge in [0.2, 0.25) is 0 Å². The smallest absolute Gasteiger partial charge is 0.326 e. The van der Waals surface area contributed by atoms with E-state index >= 15 is 0 Å². The van der Waals surface area contributed by atoms with Crippen LogP contribution in [0.3, 0.4) is 0 Å². The molecule has 2 aliphatic rings. The third kappa shape index (κ3) is 2.73. The Morgan fingerprint density at radius 3 is 2.87 bits per heavy atom. The number of halogens is 2. The highest BCUT2D eigenvalue weighted by Crippen LogP contribution is 2.40. The molecule has 0 amide bonds. The molecule has 23 heavy (non-hydrogen) atoms. The van der Waals surface area contributed by atoms with Crippen LogP contribution in [0, 0.1) is 11.7 Å². The van der Waals surface area contributed by atoms with Gasteiger partial charge in [0.05, 0.1) is 30.7 Å². The molecule has 0 radical (unpaired) electrons. The Kier molecular flexibility index (Phi) is 4.59. The monoisotopic (exact) mass is 389 g/mol. The predicted molar refractivity (Wildman–Crippen MR) is 81.0 cm³/mol. The Morgan fingerprint density at radius 2 is 2.22 bits per heavy atom. The van der Waals surface area contributed by atoms with Gasteiger partial charge < -0.3 is 14.6 Å². The number of ether oxygens (including phenoxy) is 2. The van der Waals surface area contributed by atoms with Crippen molar-refractivity contribution in [2.24, 2.45) is 5.92 Å². The van der Waals surface area contributed by atoms with Gasteiger partial charge in [-0.05, 0) is 35.0 Å². The van der Waals surface area contributed by atoms with Gasteiger partial charge in [-0.2, -0.15) is 5.06 Å². The van der Waals surface area contributed by atoms with Crippen LogP contribution in [0.2, 0.25) is 0 Å². The molecule has 2 saturated heterocycles. The first-order valence-corrected chi connectivity index (χ1v) is 8.02. The van der Waals surface area contributed by atoms with Crippen molar-refractivity contribution in [1.29, 1.82) is 0 Å². The Bertz CT molecular complexity index is 628. The zero-order valence-electron chi connectivity index (χ0n) is 12.7. The number of carbonyl (C=O) groups is 1. The number of rotatable bonds is 4. The summed E-state index contributed by atoms with van der Waals surface area (Å²) >= 11 is 3.31. The van der Waals surface area contributed by atoms with Gasteiger partial charge in [-0.15, -0.1) is 0 Å². The number of aliphatic hydroxyl groups is 1. The number of carbonyl (C=O) groups excluding carboxylic acids is 1. The van der Waals surface area contributed by atoms with Gasteiger partial charge in [0, 0.05) is 5.56 Å². The molecule has 3 rings (SSSR count). The zero-order valence-corrected chi connectivity index (χ0v) is 14.2. The average molecular weight is 390 g/mol. The third-order valence-electron chi connectivity index (χ3n) is 4.31. The first kappa shape index (κ1) is 16.6. The summed E-state index contributed by atoms with van der Waals surface area (Å²) in [7, 11) is 1.44. The second-order valence-corrected chi connectivity index (χ2v) is 6.46. The van der Waals surface area contributed by atoms with Crippen LogP contribution in [0.4, 0.5) is 4.39 Å². The lowest BCUT2D eigenvalue weighted by molar-refractivity contribution is -0.196. The molecule has 2 aliphatic heterocycles. The minimum atomic E-state index is -0.662. The predicted octanol–water partition coefficient (Wildman–Crippen LogP) is 1.63. The maximum atomic E-state index is 14.2. The number of fused-ring (bicyclic) bond motifs is 1. The minimum absolute atomic E-state index is 0.00787. The number of esters is 1. The van der Waals surface area contributed by atoms with E-state index in [1.165, 1.54) is 18.2 Å². The zero-order chi connectivity index (χ0) is 16.7. The number of methoxy groups -OCH3 is 1. The minimum Gasteiger partial charge on any atom is -0.495 e. The van der Waals surface area contributed by atoms with Gasteiger partial charge >= 0.3 is 5.97 Å². The molecule has 8 heteroatoms. The quantitative estimate of drug-likeness (QED) is 0.789. The molecule has 0 bridgehead atoms. The first-order chi connectivity index (χ1) is 11.0. The van der Waals surface area contributed by atoms with E-state index < -0.39 is 23.9 Å². The molecule has 0 spiro atoms. The maximum absolute atomic E-state index is 14.2. The van der Waals surface area contributed by atoms with Crippen LogP contribution >= 0.6 is 15.9 Å². The van der Waals surface area contributed by atoms with E-state index in [4.69, 9.17) is 14.3 Å². The number of hydroxylamine groups is 2. The van der Waals surface area contributed by atoms with Crippen molar-refractivity contribution in [1.82, 2.24) is 5.06 Å². The van der Waals surface area contributed by atoms with E-state index in [9.17, 15) is 14.3 Å². The lowest BCUT2D eigenvalue weighted by Gasteiger charge is -2.21. The first-order valence-electron chi connectivity index (χ1n) is 7.23. The molecule has 1 N–H and O–H groups in total. The van der Waals surface area contributed by atoms with E-state index in [-0.39, 0.29) is 30.7 Å². The third-order valence-corrected chi connectivity index (χ3v) is 4.94. The van der Waals surface area contributed by atoms with E-state index in [0.717, 1.165) is 0 Å². The second-order valence-electron chi connectivity index (χ2n) is 5.61. The SMILES string of the molecule is COc1c(Br)ccc(F)c1CN1O[C@@H](CO)C2C1C(=O)O[C@H]2C. The van der Waals surface area contributed by atoms with Crippen LogP contribution in [0.5, 0.6) is 5.75 Å². The molecule has 1 aromatic carbocycles. The normalized spacial score (nSPS) is 30.4. The van der Waals surface area contributed by atoms with Crippen LogP contribution < -0.4 is 4.74 Å². The molecular weight excluding hydrogens is 373 g/mol. The Balaban J connectivity index is 1.92. The van der Waals surface area contributed by atoms with E-state index in [0.29, 0.717) is 10.2 Å². The van der Waals surface area contributed by atoms with E-state index in [1.807, 2.05) is 0 Å². The summed E-state index contributed by atoms with van der Waals surface area (Å²) in [5.74, 6) is -0.824. The molecule has 126 valence electrons. The van der Waals surface area contributed by atoms with Gasteiger partial charge in [-0.25, -0.2) is 4.39 Å². The number of hydrogen-bond donors (Lipinski definition) is 1. The summed E-state index contributed by atoms with van der Waals surface area (Å²) in [5, 5.41) is 10.9. The van der Waals surface area contributed by atoms with Crippen LogP contribution in [-0.2, 0) is 20.9 Å². The van der Waals surface area contributed by atoms with Crippen LogP contribution in [0.15, 0.2) is 16.6 Å². The van der Waals surface area contributed by atoms with Crippen molar-refractivity contribution in [3.8, 4) is 5.75 Å². The van der Waals surface area contributed by atoms with Crippen molar-refractivity contribution in [2.45, 2.75) is 31.7 Å². The topological polar surface area (TPSA) is 68.2 Å². The fourth-order valence-corrected chi connectivity index (χ4v) is 3.79. The average Bonchev–Trinajstić information content (AvgIpc) is 3.03. The number of aliphatic hydroxyl groups excluding tert-OH is 1. The van der Waals surface area contributed by atoms with Crippen molar-refractivity contribution in [2.75, 3.05) is 13.7 Å². The lowest BCUT2D eigenvalue weighted by Crippen LogP contribution is -2.35. The van der Waals surface area contributed by atoms with Crippen molar-refractivity contribution >= 4 is 21.9 Å². The number of benzene rings is 1. The molecular formula is C15H17BrFNO5. The van der Waals surface area contributed by atoms with E-state index in [2.05, 4.69) is 15.9 Å². The van der Waals surface area contributed by atoms with Crippen molar-refractivity contribution < 1.29 is 28.6 Å². The number of cyclic esters (lactones) is 1. The molecule has 2 fully saturated rings. The van der Waals surface area contributed by atoms with Gasteiger partial charge in [0.15, 0.2) is 0 Å². The van der Waals surface area contributed by atoms with Gasteiger partial charge in [-0.1, -0.05) is 0 Å². The molecule has 0 saturated carbocycles. The summed E-state index contributed by atoms with van der Waals surface area (Å²) in [4.78, 5) is 17.7. The molecule has 0 aromatic heterocycles. The van der Waals surface area contributed by atoms with Crippen molar-refractivity contribution in [3.05, 3.63) is 28.0 Å². The lowest BCUT2D eigenvalue weighted by atomic mass is 9.93. The second kappa shape index (κ2) is 6.35. The van der Waals surface area contributed by atoms with Gasteiger partial charge in [0.25, 0.3) is 0 Å². The van der Waals surface area contributed by atoms with E-state index in [1.54, 1.807) is 13.0 Å². The molecule has 4 atom stereocenters. The highest BCUT2D eigenvalue weighted by atomic mass is 79.9. The summed E-state index contributed by atoms with van der Waals surface area (Å²) < 4.78 is 25.3. The van der Waals surface area contributed by atoms with Gasteiger partial charge in [-0.3, -0.25) is 9.63 Å². The summed E-state index contributed by atoms with van der Waals surface area (Å²) in [6.45, 7) is 1.53. The molecule has 2 unspecified atom stereocenters. The molecule has 2 heterocycles. The van der Waals surface area contributed by atoms with Crippen LogP contribution in [0.25, 0.3) is 0 Å². The Hall–Kier alpha value is -1.22. The summed E-state index contributed by atoms with van der Waals surface area (Å²) in [6, 6.07) is 2.20. The summed E-state index contributed by atoms with van der Waals surface area (Å²) in [6.07, 6.45) is -0.911. The van der Waals surface area contributed by atoms with Crippen molar-refractivity contribution in [3.63, 3.8) is 0 Å². The molecule has 6 nitrogen and oxygen atoms in total. The highest BCUT2D eigenvalue weighted by Gasteiger charge is 2.56. The molecule has 1 aromatic rings.